The van der Waals surface area contributed by atoms with Crippen molar-refractivity contribution >= 4 is 21.7 Å². The minimum atomic E-state index is -3.66. The van der Waals surface area contributed by atoms with E-state index in [2.05, 4.69) is 5.32 Å². The molecule has 4 N–H and O–H groups in total. The predicted octanol–water partition coefficient (Wildman–Crippen LogP) is 2.03. The number of nitrogens with two attached hydrogens (primary N) is 1. The van der Waals surface area contributed by atoms with Crippen molar-refractivity contribution in [3.05, 3.63) is 24.3 Å². The molecular formula is C14H22N2O4S. The van der Waals surface area contributed by atoms with Crippen molar-refractivity contribution < 1.29 is 18.3 Å². The number of rotatable bonds is 8. The molecule has 0 unspecified atom stereocenters. The van der Waals surface area contributed by atoms with E-state index in [0.29, 0.717) is 13.0 Å². The number of nitrogens with one attached hydrogen (secondary N) is 1. The molecule has 0 radical (unpaired) electrons. The van der Waals surface area contributed by atoms with E-state index in [9.17, 15) is 13.2 Å². The van der Waals surface area contributed by atoms with Gasteiger partial charge in [0.15, 0.2) is 0 Å². The SMILES string of the molecule is CC(C)(CCNc1ccc(S(N)(=O)=O)cc1)CCC(=O)O. The molecule has 1 aromatic carbocycles. The zero-order valence-electron chi connectivity index (χ0n) is 12.3. The lowest BCUT2D eigenvalue weighted by Gasteiger charge is -2.24. The lowest BCUT2D eigenvalue weighted by Crippen LogP contribution is -2.18. The Bertz CT molecular complexity index is 579. The van der Waals surface area contributed by atoms with Crippen LogP contribution < -0.4 is 10.5 Å². The maximum absolute atomic E-state index is 11.1. The van der Waals surface area contributed by atoms with Gasteiger partial charge in [-0.3, -0.25) is 4.79 Å². The summed E-state index contributed by atoms with van der Waals surface area (Å²) in [5.41, 5.74) is 0.739. The number of carboxylic acids is 1. The normalized spacial score (nSPS) is 12.1. The van der Waals surface area contributed by atoms with Crippen LogP contribution in [0.25, 0.3) is 0 Å². The first-order valence-corrected chi connectivity index (χ1v) is 8.23. The summed E-state index contributed by atoms with van der Waals surface area (Å²) in [6.07, 6.45) is 1.60. The fourth-order valence-electron chi connectivity index (χ4n) is 1.88. The molecule has 0 saturated heterocycles. The van der Waals surface area contributed by atoms with Crippen molar-refractivity contribution in [2.75, 3.05) is 11.9 Å². The Balaban J connectivity index is 2.47. The molecule has 0 amide bonds. The number of sulfonamides is 1. The topological polar surface area (TPSA) is 109 Å². The third-order valence-corrected chi connectivity index (χ3v) is 4.26. The Hall–Kier alpha value is -1.60. The van der Waals surface area contributed by atoms with Crippen molar-refractivity contribution in [3.8, 4) is 0 Å². The summed E-state index contributed by atoms with van der Waals surface area (Å²) in [6.45, 7) is 4.74. The number of primary sulfonamides is 1. The van der Waals surface area contributed by atoms with Crippen LogP contribution in [0.3, 0.4) is 0 Å². The lowest BCUT2D eigenvalue weighted by molar-refractivity contribution is -0.137. The van der Waals surface area contributed by atoms with Crippen molar-refractivity contribution in [1.29, 1.82) is 0 Å². The highest BCUT2D eigenvalue weighted by atomic mass is 32.2. The first kappa shape index (κ1) is 17.5. The quantitative estimate of drug-likeness (QED) is 0.680. The van der Waals surface area contributed by atoms with E-state index < -0.39 is 16.0 Å². The van der Waals surface area contributed by atoms with Crippen LogP contribution in [-0.2, 0) is 14.8 Å². The summed E-state index contributed by atoms with van der Waals surface area (Å²) < 4.78 is 22.3. The number of benzene rings is 1. The average Bonchev–Trinajstić information content (AvgIpc) is 2.36. The van der Waals surface area contributed by atoms with Gasteiger partial charge in [0, 0.05) is 18.7 Å². The van der Waals surface area contributed by atoms with Gasteiger partial charge in [0.1, 0.15) is 0 Å². The molecule has 0 atom stereocenters. The largest absolute Gasteiger partial charge is 0.481 e. The minimum Gasteiger partial charge on any atom is -0.481 e. The molecule has 0 saturated carbocycles. The molecule has 6 nitrogen and oxygen atoms in total. The summed E-state index contributed by atoms with van der Waals surface area (Å²) in [6, 6.07) is 6.22. The van der Waals surface area contributed by atoms with Crippen LogP contribution in [0.1, 0.15) is 33.1 Å². The monoisotopic (exact) mass is 314 g/mol. The summed E-state index contributed by atoms with van der Waals surface area (Å²) in [7, 11) is -3.66. The van der Waals surface area contributed by atoms with Gasteiger partial charge >= 0.3 is 5.97 Å². The number of hydrogen-bond donors (Lipinski definition) is 3. The van der Waals surface area contributed by atoms with Crippen LogP contribution >= 0.6 is 0 Å². The molecule has 0 aromatic heterocycles. The van der Waals surface area contributed by atoms with Crippen LogP contribution in [0.15, 0.2) is 29.2 Å². The van der Waals surface area contributed by atoms with E-state index in [4.69, 9.17) is 10.2 Å². The van der Waals surface area contributed by atoms with Crippen LogP contribution in [0.5, 0.6) is 0 Å². The van der Waals surface area contributed by atoms with Gasteiger partial charge in [-0.1, -0.05) is 13.8 Å². The Kier molecular flexibility index (Phi) is 5.74. The molecular weight excluding hydrogens is 292 g/mol. The van der Waals surface area contributed by atoms with Gasteiger partial charge in [0.25, 0.3) is 0 Å². The van der Waals surface area contributed by atoms with Gasteiger partial charge in [0.05, 0.1) is 4.90 Å². The summed E-state index contributed by atoms with van der Waals surface area (Å²) >= 11 is 0. The van der Waals surface area contributed by atoms with E-state index in [1.165, 1.54) is 12.1 Å². The van der Waals surface area contributed by atoms with Crippen molar-refractivity contribution in [1.82, 2.24) is 0 Å². The number of carboxylic acid groups (broad SMARTS) is 1. The fourth-order valence-corrected chi connectivity index (χ4v) is 2.39. The van der Waals surface area contributed by atoms with Gasteiger partial charge in [-0.15, -0.1) is 0 Å². The second-order valence-corrected chi connectivity index (χ2v) is 7.37. The molecule has 7 heteroatoms. The average molecular weight is 314 g/mol. The van der Waals surface area contributed by atoms with Gasteiger partial charge in [-0.2, -0.15) is 0 Å². The summed E-state index contributed by atoms with van der Waals surface area (Å²) in [4.78, 5) is 10.7. The van der Waals surface area contributed by atoms with Gasteiger partial charge in [-0.25, -0.2) is 13.6 Å². The van der Waals surface area contributed by atoms with E-state index in [1.54, 1.807) is 12.1 Å². The molecule has 1 aromatic rings. The minimum absolute atomic E-state index is 0.0636. The summed E-state index contributed by atoms with van der Waals surface area (Å²) in [5, 5.41) is 16.9. The Morgan fingerprint density at radius 1 is 1.24 bits per heavy atom. The zero-order valence-corrected chi connectivity index (χ0v) is 13.1. The molecule has 0 aliphatic rings. The van der Waals surface area contributed by atoms with Crippen LogP contribution in [0, 0.1) is 5.41 Å². The molecule has 1 rings (SSSR count). The number of aliphatic carboxylic acids is 1. The molecule has 0 aliphatic carbocycles. The van der Waals surface area contributed by atoms with E-state index in [-0.39, 0.29) is 16.7 Å². The molecule has 21 heavy (non-hydrogen) atoms. The number of anilines is 1. The highest BCUT2D eigenvalue weighted by Crippen LogP contribution is 2.26. The van der Waals surface area contributed by atoms with Crippen molar-refractivity contribution in [2.24, 2.45) is 10.6 Å². The van der Waals surface area contributed by atoms with Gasteiger partial charge < -0.3 is 10.4 Å². The van der Waals surface area contributed by atoms with E-state index in [0.717, 1.165) is 12.1 Å². The molecule has 0 heterocycles. The number of hydrogen-bond acceptors (Lipinski definition) is 4. The van der Waals surface area contributed by atoms with Crippen LogP contribution in [0.2, 0.25) is 0 Å². The molecule has 0 fully saturated rings. The first-order valence-electron chi connectivity index (χ1n) is 6.69. The molecule has 118 valence electrons. The van der Waals surface area contributed by atoms with Crippen LogP contribution in [-0.4, -0.2) is 26.0 Å². The predicted molar refractivity (Wildman–Crippen MR) is 81.6 cm³/mol. The molecule has 0 bridgehead atoms. The van der Waals surface area contributed by atoms with Crippen molar-refractivity contribution in [2.45, 2.75) is 38.0 Å². The highest BCUT2D eigenvalue weighted by molar-refractivity contribution is 7.89. The molecule has 0 spiro atoms. The summed E-state index contributed by atoms with van der Waals surface area (Å²) in [5.74, 6) is -0.783. The maximum atomic E-state index is 11.1. The smallest absolute Gasteiger partial charge is 0.303 e. The third kappa shape index (κ3) is 6.59. The van der Waals surface area contributed by atoms with E-state index >= 15 is 0 Å². The second-order valence-electron chi connectivity index (χ2n) is 5.80. The lowest BCUT2D eigenvalue weighted by atomic mass is 9.84. The third-order valence-electron chi connectivity index (χ3n) is 3.33. The first-order chi connectivity index (χ1) is 9.60. The van der Waals surface area contributed by atoms with Crippen LogP contribution in [0.4, 0.5) is 5.69 Å². The highest BCUT2D eigenvalue weighted by Gasteiger charge is 2.18. The fraction of sp³-hybridized carbons (Fsp3) is 0.500. The van der Waals surface area contributed by atoms with E-state index in [1.807, 2.05) is 13.8 Å². The Labute approximate surface area is 125 Å². The van der Waals surface area contributed by atoms with Gasteiger partial charge in [-0.05, 0) is 42.5 Å². The Morgan fingerprint density at radius 2 is 1.81 bits per heavy atom. The van der Waals surface area contributed by atoms with Gasteiger partial charge in [0.2, 0.25) is 10.0 Å². The van der Waals surface area contributed by atoms with Crippen molar-refractivity contribution in [3.63, 3.8) is 0 Å². The molecule has 0 aliphatic heterocycles. The zero-order chi connectivity index (χ0) is 16.1. The maximum Gasteiger partial charge on any atom is 0.303 e. The number of carbonyl (C=O) groups is 1. The standard InChI is InChI=1S/C14H22N2O4S/c1-14(2,8-7-13(17)18)9-10-16-11-3-5-12(6-4-11)21(15,19)20/h3-6,16H,7-10H2,1-2H3,(H,17,18)(H2,15,19,20). The second kappa shape index (κ2) is 6.91. The Morgan fingerprint density at radius 3 is 2.29 bits per heavy atom.